The molecule has 0 bridgehead atoms. The van der Waals surface area contributed by atoms with E-state index in [-0.39, 0.29) is 12.0 Å². The fraction of sp³-hybridized carbons (Fsp3) is 0.208. The summed E-state index contributed by atoms with van der Waals surface area (Å²) in [5, 5.41) is 11.0. The number of rotatable bonds is 8. The number of aromatic nitrogens is 2. The van der Waals surface area contributed by atoms with Gasteiger partial charge in [-0.2, -0.15) is 10.2 Å². The number of carbonyl (C=O) groups excluding carboxylic acids is 1. The van der Waals surface area contributed by atoms with Crippen LogP contribution in [0, 0.1) is 0 Å². The van der Waals surface area contributed by atoms with Crippen molar-refractivity contribution in [3.8, 4) is 22.8 Å². The molecule has 0 spiro atoms. The normalized spacial score (nSPS) is 11.7. The third-order valence-electron chi connectivity index (χ3n) is 4.27. The van der Waals surface area contributed by atoms with E-state index in [0.29, 0.717) is 22.9 Å². The summed E-state index contributed by atoms with van der Waals surface area (Å²) in [5.41, 5.74) is 6.20. The molecule has 160 valence electrons. The molecule has 1 heterocycles. The van der Waals surface area contributed by atoms with Gasteiger partial charge in [-0.3, -0.25) is 9.89 Å². The van der Waals surface area contributed by atoms with Crippen LogP contribution >= 0.6 is 0 Å². The smallest absolute Gasteiger partial charge is 0.289 e. The number of nitrogens with zero attached hydrogens (tertiary/aromatic N) is 2. The number of carbonyl (C=O) groups is 1. The molecule has 0 aliphatic heterocycles. The molecule has 0 saturated carbocycles. The van der Waals surface area contributed by atoms with Gasteiger partial charge >= 0.3 is 0 Å². The highest BCUT2D eigenvalue weighted by molar-refractivity contribution is 5.94. The molecular formula is C24H26N4O3. The minimum absolute atomic E-state index is 0.0344. The monoisotopic (exact) mass is 418 g/mol. The zero-order valence-corrected chi connectivity index (χ0v) is 18.0. The summed E-state index contributed by atoms with van der Waals surface area (Å²) in [5.74, 6) is 0.878. The van der Waals surface area contributed by atoms with Crippen LogP contribution in [-0.2, 0) is 0 Å². The standard InChI is InChI=1S/C24H26N4O3/c1-16(2)31-22-11-10-19(13-23(22)30-4)20-14-21(27-26-20)24(29)28-25-15-17(3)12-18-8-6-5-7-9-18/h5-16H,1-4H3,(H,26,27)(H,28,29). The van der Waals surface area contributed by atoms with E-state index < -0.39 is 0 Å². The Bertz CT molecular complexity index is 1090. The summed E-state index contributed by atoms with van der Waals surface area (Å²) in [6.45, 7) is 5.82. The van der Waals surface area contributed by atoms with Crippen molar-refractivity contribution in [2.24, 2.45) is 5.10 Å². The molecule has 2 N–H and O–H groups in total. The van der Waals surface area contributed by atoms with Gasteiger partial charge in [0.2, 0.25) is 0 Å². The van der Waals surface area contributed by atoms with Crippen LogP contribution in [0.4, 0.5) is 0 Å². The van der Waals surface area contributed by atoms with Crippen molar-refractivity contribution < 1.29 is 14.3 Å². The molecule has 0 atom stereocenters. The van der Waals surface area contributed by atoms with Crippen molar-refractivity contribution in [3.05, 3.63) is 71.4 Å². The number of benzene rings is 2. The van der Waals surface area contributed by atoms with Crippen LogP contribution in [0.5, 0.6) is 11.5 Å². The third kappa shape index (κ3) is 6.05. The molecule has 1 aromatic heterocycles. The lowest BCUT2D eigenvalue weighted by molar-refractivity contribution is 0.0950. The number of allylic oxidation sites excluding steroid dienone is 1. The fourth-order valence-corrected chi connectivity index (χ4v) is 2.87. The summed E-state index contributed by atoms with van der Waals surface area (Å²) < 4.78 is 11.1. The maximum atomic E-state index is 12.4. The van der Waals surface area contributed by atoms with Gasteiger partial charge in [-0.25, -0.2) is 5.43 Å². The molecule has 3 aromatic rings. The summed E-state index contributed by atoms with van der Waals surface area (Å²) in [7, 11) is 1.59. The lowest BCUT2D eigenvalue weighted by Gasteiger charge is -2.14. The zero-order valence-electron chi connectivity index (χ0n) is 18.0. The van der Waals surface area contributed by atoms with E-state index in [4.69, 9.17) is 9.47 Å². The molecule has 0 radical (unpaired) electrons. The first-order chi connectivity index (χ1) is 15.0. The van der Waals surface area contributed by atoms with Crippen molar-refractivity contribution in [2.75, 3.05) is 7.11 Å². The second kappa shape index (κ2) is 10.2. The maximum Gasteiger partial charge on any atom is 0.289 e. The molecule has 0 aliphatic carbocycles. The number of hydrazone groups is 1. The van der Waals surface area contributed by atoms with Gasteiger partial charge in [-0.1, -0.05) is 36.4 Å². The Morgan fingerprint density at radius 2 is 1.90 bits per heavy atom. The van der Waals surface area contributed by atoms with Crippen LogP contribution in [0.2, 0.25) is 0 Å². The quantitative estimate of drug-likeness (QED) is 0.410. The minimum atomic E-state index is -0.380. The zero-order chi connectivity index (χ0) is 22.2. The molecule has 2 aromatic carbocycles. The Balaban J connectivity index is 1.66. The number of nitrogens with one attached hydrogen (secondary N) is 2. The average Bonchev–Trinajstić information content (AvgIpc) is 3.24. The van der Waals surface area contributed by atoms with Crippen LogP contribution in [0.25, 0.3) is 17.3 Å². The molecule has 3 rings (SSSR count). The van der Waals surface area contributed by atoms with Crippen molar-refractivity contribution in [1.82, 2.24) is 15.6 Å². The third-order valence-corrected chi connectivity index (χ3v) is 4.27. The van der Waals surface area contributed by atoms with Crippen molar-refractivity contribution in [3.63, 3.8) is 0 Å². The topological polar surface area (TPSA) is 88.6 Å². The minimum Gasteiger partial charge on any atom is -0.493 e. The summed E-state index contributed by atoms with van der Waals surface area (Å²) >= 11 is 0. The summed E-state index contributed by atoms with van der Waals surface area (Å²) in [6, 6.07) is 17.1. The van der Waals surface area contributed by atoms with Crippen LogP contribution in [0.3, 0.4) is 0 Å². The van der Waals surface area contributed by atoms with Gasteiger partial charge in [-0.05, 0) is 56.2 Å². The molecule has 7 nitrogen and oxygen atoms in total. The van der Waals surface area contributed by atoms with E-state index in [1.165, 1.54) is 0 Å². The van der Waals surface area contributed by atoms with Gasteiger partial charge in [0.1, 0.15) is 5.69 Å². The Morgan fingerprint density at radius 3 is 2.61 bits per heavy atom. The second-order valence-corrected chi connectivity index (χ2v) is 7.20. The van der Waals surface area contributed by atoms with Gasteiger partial charge in [-0.15, -0.1) is 0 Å². The van der Waals surface area contributed by atoms with E-state index in [0.717, 1.165) is 16.7 Å². The van der Waals surface area contributed by atoms with Crippen molar-refractivity contribution >= 4 is 18.2 Å². The first kappa shape index (κ1) is 21.8. The molecule has 0 aliphatic rings. The lowest BCUT2D eigenvalue weighted by Crippen LogP contribution is -2.17. The van der Waals surface area contributed by atoms with E-state index in [1.807, 2.05) is 75.4 Å². The molecular weight excluding hydrogens is 392 g/mol. The SMILES string of the molecule is COc1cc(-c2cc(C(=O)NN=CC(C)=Cc3ccccc3)[nH]n2)ccc1OC(C)C. The van der Waals surface area contributed by atoms with Crippen LogP contribution in [0.15, 0.2) is 65.3 Å². The second-order valence-electron chi connectivity index (χ2n) is 7.20. The van der Waals surface area contributed by atoms with E-state index in [9.17, 15) is 4.79 Å². The Labute approximate surface area is 181 Å². The maximum absolute atomic E-state index is 12.4. The van der Waals surface area contributed by atoms with Gasteiger partial charge in [0.15, 0.2) is 11.5 Å². The number of methoxy groups -OCH3 is 1. The molecule has 7 heteroatoms. The number of H-pyrrole nitrogens is 1. The average molecular weight is 418 g/mol. The first-order valence-electron chi connectivity index (χ1n) is 9.93. The molecule has 0 fully saturated rings. The fourth-order valence-electron chi connectivity index (χ4n) is 2.87. The van der Waals surface area contributed by atoms with Gasteiger partial charge < -0.3 is 9.47 Å². The number of amides is 1. The number of hydrogen-bond donors (Lipinski definition) is 2. The summed E-state index contributed by atoms with van der Waals surface area (Å²) in [6.07, 6.45) is 3.61. The van der Waals surface area contributed by atoms with Crippen molar-refractivity contribution in [2.45, 2.75) is 26.9 Å². The Kier molecular flexibility index (Phi) is 7.22. The van der Waals surface area contributed by atoms with E-state index in [2.05, 4.69) is 20.7 Å². The van der Waals surface area contributed by atoms with Crippen LogP contribution in [0.1, 0.15) is 36.8 Å². The largest absolute Gasteiger partial charge is 0.493 e. The van der Waals surface area contributed by atoms with E-state index in [1.54, 1.807) is 19.4 Å². The molecule has 1 amide bonds. The highest BCUT2D eigenvalue weighted by Gasteiger charge is 2.13. The molecule has 0 unspecified atom stereocenters. The highest BCUT2D eigenvalue weighted by atomic mass is 16.5. The number of ether oxygens (including phenoxy) is 2. The van der Waals surface area contributed by atoms with Crippen LogP contribution in [-0.4, -0.2) is 35.5 Å². The molecule has 31 heavy (non-hydrogen) atoms. The Morgan fingerprint density at radius 1 is 1.13 bits per heavy atom. The van der Waals surface area contributed by atoms with Gasteiger partial charge in [0.25, 0.3) is 5.91 Å². The predicted molar refractivity (Wildman–Crippen MR) is 122 cm³/mol. The number of hydrogen-bond acceptors (Lipinski definition) is 5. The van der Waals surface area contributed by atoms with E-state index >= 15 is 0 Å². The van der Waals surface area contributed by atoms with Crippen molar-refractivity contribution in [1.29, 1.82) is 0 Å². The first-order valence-corrected chi connectivity index (χ1v) is 9.93. The lowest BCUT2D eigenvalue weighted by atomic mass is 10.1. The Hall–Kier alpha value is -3.87. The van der Waals surface area contributed by atoms with Crippen LogP contribution < -0.4 is 14.9 Å². The summed E-state index contributed by atoms with van der Waals surface area (Å²) in [4.78, 5) is 12.4. The van der Waals surface area contributed by atoms with Gasteiger partial charge in [0, 0.05) is 5.56 Å². The predicted octanol–water partition coefficient (Wildman–Crippen LogP) is 4.69. The number of aromatic amines is 1. The highest BCUT2D eigenvalue weighted by Crippen LogP contribution is 2.32. The van der Waals surface area contributed by atoms with Gasteiger partial charge in [0.05, 0.1) is 25.1 Å². The molecule has 0 saturated heterocycles.